The van der Waals surface area contributed by atoms with Crippen LogP contribution >= 0.6 is 0 Å². The number of fused-ring (bicyclic) bond motifs is 10. The number of rotatable bonds is 4. The molecule has 4 nitrogen and oxygen atoms in total. The Labute approximate surface area is 382 Å². The number of benzene rings is 7. The van der Waals surface area contributed by atoms with Crippen molar-refractivity contribution in [3.8, 4) is 27.9 Å². The van der Waals surface area contributed by atoms with Gasteiger partial charge in [-0.3, -0.25) is 10.4 Å². The van der Waals surface area contributed by atoms with Crippen molar-refractivity contribution in [2.24, 2.45) is 16.8 Å². The van der Waals surface area contributed by atoms with E-state index in [4.69, 9.17) is 5.41 Å². The summed E-state index contributed by atoms with van der Waals surface area (Å²) in [7, 11) is 0. The highest BCUT2D eigenvalue weighted by molar-refractivity contribution is 6.25. The predicted molar refractivity (Wildman–Crippen MR) is 281 cm³/mol. The number of nitrogens with zero attached hydrogens (tertiary/aromatic N) is 3. The largest absolute Gasteiger partial charge is 0.310 e. The molecule has 0 bridgehead atoms. The van der Waals surface area contributed by atoms with Gasteiger partial charge in [0, 0.05) is 55.9 Å². The molecule has 0 aliphatic heterocycles. The van der Waals surface area contributed by atoms with Crippen LogP contribution in [0, 0.1) is 24.2 Å². The Morgan fingerprint density at radius 2 is 1.09 bits per heavy atom. The maximum atomic E-state index is 8.17. The number of aliphatic imine (C=N–C) groups is 1. The maximum absolute atomic E-state index is 8.17. The van der Waals surface area contributed by atoms with Crippen molar-refractivity contribution >= 4 is 67.4 Å². The Hall–Kier alpha value is -8.08. The number of hydrogen-bond acceptors (Lipinski definition) is 2. The van der Waals surface area contributed by atoms with Crippen molar-refractivity contribution in [1.82, 2.24) is 9.13 Å². The lowest BCUT2D eigenvalue weighted by Gasteiger charge is -2.24. The van der Waals surface area contributed by atoms with Gasteiger partial charge in [0.25, 0.3) is 0 Å². The summed E-state index contributed by atoms with van der Waals surface area (Å²) < 4.78 is 4.83. The Bertz CT molecular complexity index is 3450. The fourth-order valence-corrected chi connectivity index (χ4v) is 9.47. The topological polar surface area (TPSA) is 46.1 Å². The van der Waals surface area contributed by atoms with Gasteiger partial charge in [-0.15, -0.1) is 13.2 Å². The van der Waals surface area contributed by atoms with E-state index >= 15 is 0 Å². The first kappa shape index (κ1) is 42.2. The smallest absolute Gasteiger partial charge is 0.0722 e. The first-order valence-electron chi connectivity index (χ1n) is 22.2. The van der Waals surface area contributed by atoms with Gasteiger partial charge in [0.1, 0.15) is 0 Å². The van der Waals surface area contributed by atoms with Gasteiger partial charge in [0.05, 0.1) is 33.5 Å². The van der Waals surface area contributed by atoms with Gasteiger partial charge in [-0.25, -0.2) is 0 Å². The van der Waals surface area contributed by atoms with Gasteiger partial charge in [-0.2, -0.15) is 0 Å². The molecule has 0 amide bonds. The Morgan fingerprint density at radius 1 is 0.538 bits per heavy atom. The molecular weight excluding hydrogens is 789 g/mol. The first-order valence-corrected chi connectivity index (χ1v) is 22.2. The number of nitrogens with one attached hydrogen (secondary N) is 1. The van der Waals surface area contributed by atoms with E-state index in [1.807, 2.05) is 68.5 Å². The predicted octanol–water partition coefficient (Wildman–Crippen LogP) is 16.4. The maximum Gasteiger partial charge on any atom is 0.0722 e. The first-order chi connectivity index (χ1) is 32.0. The number of hydrogen-bond donors (Lipinski definition) is 1. The fraction of sp³-hybridized carbons (Fsp3) is 0.0820. The third-order valence-corrected chi connectivity index (χ3v) is 12.6. The summed E-state index contributed by atoms with van der Waals surface area (Å²) in [6.07, 6.45) is 20.0. The minimum atomic E-state index is 0.397. The normalized spacial score (nSPS) is 15.4. The number of aromatic nitrogens is 2. The van der Waals surface area contributed by atoms with Gasteiger partial charge >= 0.3 is 0 Å². The van der Waals surface area contributed by atoms with Crippen molar-refractivity contribution in [3.63, 3.8) is 0 Å². The van der Waals surface area contributed by atoms with Crippen molar-refractivity contribution in [1.29, 1.82) is 5.41 Å². The second-order valence-corrected chi connectivity index (χ2v) is 16.3. The summed E-state index contributed by atoms with van der Waals surface area (Å²) in [6, 6.07) is 54.1. The van der Waals surface area contributed by atoms with Crippen LogP contribution in [0.3, 0.4) is 0 Å². The summed E-state index contributed by atoms with van der Waals surface area (Å²) in [4.78, 5) is 3.98. The second-order valence-electron chi connectivity index (χ2n) is 16.3. The van der Waals surface area contributed by atoms with E-state index in [1.165, 1.54) is 71.7 Å². The van der Waals surface area contributed by atoms with E-state index in [0.717, 1.165) is 27.9 Å². The van der Waals surface area contributed by atoms with Crippen molar-refractivity contribution in [2.45, 2.75) is 20.8 Å². The molecule has 0 spiro atoms. The van der Waals surface area contributed by atoms with Crippen LogP contribution in [-0.2, 0) is 0 Å². The summed E-state index contributed by atoms with van der Waals surface area (Å²) in [5.74, 6) is 0.842. The van der Waals surface area contributed by atoms with E-state index in [9.17, 15) is 0 Å². The Balaban J connectivity index is 0.000000201. The zero-order valence-corrected chi connectivity index (χ0v) is 37.2. The zero-order chi connectivity index (χ0) is 45.0. The number of allylic oxidation sites excluding steroid dienone is 10. The average Bonchev–Trinajstić information content (AvgIpc) is 3.99. The lowest BCUT2D eigenvalue weighted by Crippen LogP contribution is -2.13. The number of para-hydroxylation sites is 2. The van der Waals surface area contributed by atoms with E-state index in [0.29, 0.717) is 17.5 Å². The molecule has 2 atom stereocenters. The molecule has 2 aromatic heterocycles. The molecule has 316 valence electrons. The van der Waals surface area contributed by atoms with Crippen LogP contribution in [0.4, 0.5) is 5.69 Å². The second kappa shape index (κ2) is 18.3. The molecule has 3 aliphatic carbocycles. The molecule has 4 heteroatoms. The van der Waals surface area contributed by atoms with Crippen molar-refractivity contribution < 1.29 is 0 Å². The van der Waals surface area contributed by atoms with Crippen LogP contribution in [0.1, 0.15) is 30.5 Å². The van der Waals surface area contributed by atoms with E-state index in [2.05, 4.69) is 193 Å². The summed E-state index contributed by atoms with van der Waals surface area (Å²) in [6.45, 7) is 15.7. The summed E-state index contributed by atoms with van der Waals surface area (Å²) in [5.41, 5.74) is 16.6. The van der Waals surface area contributed by atoms with Crippen LogP contribution in [0.2, 0.25) is 0 Å². The zero-order valence-electron chi connectivity index (χ0n) is 37.2. The van der Waals surface area contributed by atoms with Crippen molar-refractivity contribution in [2.75, 3.05) is 0 Å². The van der Waals surface area contributed by atoms with E-state index in [1.54, 1.807) is 0 Å². The quantitative estimate of drug-likeness (QED) is 0.136. The molecule has 3 aliphatic rings. The minimum absolute atomic E-state index is 0.397. The molecule has 2 heterocycles. The van der Waals surface area contributed by atoms with Gasteiger partial charge in [0.15, 0.2) is 0 Å². The van der Waals surface area contributed by atoms with E-state index < -0.39 is 0 Å². The Morgan fingerprint density at radius 3 is 1.74 bits per heavy atom. The Kier molecular flexibility index (Phi) is 11.9. The van der Waals surface area contributed by atoms with Crippen LogP contribution in [0.5, 0.6) is 0 Å². The molecule has 0 saturated heterocycles. The molecule has 12 rings (SSSR count). The third-order valence-electron chi connectivity index (χ3n) is 12.6. The van der Waals surface area contributed by atoms with E-state index in [-0.39, 0.29) is 0 Å². The number of aryl methyl sites for hydroxylation is 1. The summed E-state index contributed by atoms with van der Waals surface area (Å²) >= 11 is 0. The van der Waals surface area contributed by atoms with Crippen LogP contribution in [-0.4, -0.2) is 21.6 Å². The fourth-order valence-electron chi connectivity index (χ4n) is 9.47. The van der Waals surface area contributed by atoms with Crippen molar-refractivity contribution in [3.05, 3.63) is 236 Å². The highest BCUT2D eigenvalue weighted by Gasteiger charge is 2.25. The van der Waals surface area contributed by atoms with Gasteiger partial charge < -0.3 is 9.13 Å². The standard InChI is InChI=1S/C41H30N2.C14H10N2.C4H8.C2H4/c1-27-9-8-12-32(23-27)42-38-15-6-4-13-34(38)36-25-30(18-21-40(36)42)31-19-22-41-37(26-31)35-14-5-7-16-39(35)43(41)33-20-17-28-10-2-3-11-29(28)24-33;1-16-12-8-4-7-10-9-5-2-3-6-11(9)14(15)13(10)12;1-3-4-2;1-2/h2-26,28-29H,1H3;2-8,15H,1H2;3-4H,1-2H3;1-2H2/b;;4-3-;. The molecule has 65 heavy (non-hydrogen) atoms. The highest BCUT2D eigenvalue weighted by atomic mass is 15.0. The van der Waals surface area contributed by atoms with Gasteiger partial charge in [-0.1, -0.05) is 146 Å². The molecule has 1 N–H and O–H groups in total. The average molecular weight is 841 g/mol. The molecule has 2 unspecified atom stereocenters. The van der Waals surface area contributed by atoms with Crippen LogP contribution in [0.25, 0.3) is 77.2 Å². The molecule has 0 fully saturated rings. The summed E-state index contributed by atoms with van der Waals surface area (Å²) in [5, 5.41) is 13.3. The lowest BCUT2D eigenvalue weighted by atomic mass is 9.84. The molecular formula is C61H52N4. The molecule has 7 aromatic carbocycles. The van der Waals surface area contributed by atoms with Gasteiger partial charge in [0.2, 0.25) is 0 Å². The van der Waals surface area contributed by atoms with Gasteiger partial charge in [-0.05, 0) is 116 Å². The highest BCUT2D eigenvalue weighted by Crippen LogP contribution is 2.42. The minimum Gasteiger partial charge on any atom is -0.310 e. The molecule has 0 radical (unpaired) electrons. The molecule has 9 aromatic rings. The lowest BCUT2D eigenvalue weighted by molar-refractivity contribution is 0.659. The molecule has 0 saturated carbocycles. The SMILES string of the molecule is C/C=C\C.C=C.C=Nc1cccc2c1C(=N)c1ccccc1-2.Cc1cccc(-n2c3ccccc3c3cc(-c4ccc5c(c4)c4ccccc4n5C4=CC5C=CC=CC5C=C4)ccc32)c1. The monoisotopic (exact) mass is 840 g/mol. The van der Waals surface area contributed by atoms with Crippen LogP contribution in [0.15, 0.2) is 224 Å². The third kappa shape index (κ3) is 7.64. The van der Waals surface area contributed by atoms with Crippen LogP contribution < -0.4 is 0 Å².